The minimum absolute atomic E-state index is 0. The number of piperidine rings is 1. The van der Waals surface area contributed by atoms with Gasteiger partial charge >= 0.3 is 0 Å². The molecule has 1 aliphatic rings. The van der Waals surface area contributed by atoms with Crippen molar-refractivity contribution in [3.05, 3.63) is 41.8 Å². The quantitative estimate of drug-likeness (QED) is 0.909. The number of halogens is 2. The zero-order valence-electron chi connectivity index (χ0n) is 12.7. The van der Waals surface area contributed by atoms with Crippen LogP contribution in [0.15, 0.2) is 30.5 Å². The number of hydrogen-bond donors (Lipinski definition) is 2. The molecule has 1 aromatic carbocycles. The normalized spacial score (nSPS) is 18.9. The van der Waals surface area contributed by atoms with Crippen LogP contribution in [0.5, 0.6) is 0 Å². The molecule has 4 nitrogen and oxygen atoms in total. The van der Waals surface area contributed by atoms with Gasteiger partial charge in [0.15, 0.2) is 0 Å². The van der Waals surface area contributed by atoms with E-state index in [1.165, 1.54) is 18.9 Å². The van der Waals surface area contributed by atoms with Crippen molar-refractivity contribution in [2.45, 2.75) is 25.4 Å². The zero-order valence-corrected chi connectivity index (χ0v) is 13.5. The first kappa shape index (κ1) is 16.9. The summed E-state index contributed by atoms with van der Waals surface area (Å²) in [6.07, 6.45) is 4.22. The van der Waals surface area contributed by atoms with Gasteiger partial charge in [0, 0.05) is 30.3 Å². The monoisotopic (exact) mass is 324 g/mol. The fourth-order valence-corrected chi connectivity index (χ4v) is 3.00. The molecule has 0 saturated carbocycles. The van der Waals surface area contributed by atoms with Gasteiger partial charge in [-0.05, 0) is 38.6 Å². The molecule has 2 heterocycles. The van der Waals surface area contributed by atoms with E-state index in [4.69, 9.17) is 0 Å². The maximum absolute atomic E-state index is 14.0. The smallest absolute Gasteiger partial charge is 0.132 e. The Balaban J connectivity index is 0.00000176. The molecule has 2 aromatic rings. The van der Waals surface area contributed by atoms with Gasteiger partial charge in [-0.15, -0.1) is 12.4 Å². The van der Waals surface area contributed by atoms with Gasteiger partial charge in [-0.3, -0.25) is 10.00 Å². The molecular weight excluding hydrogens is 303 g/mol. The van der Waals surface area contributed by atoms with Crippen LogP contribution < -0.4 is 5.32 Å². The molecule has 1 unspecified atom stereocenters. The first-order valence-electron chi connectivity index (χ1n) is 7.44. The molecule has 1 saturated heterocycles. The first-order chi connectivity index (χ1) is 10.3. The fourth-order valence-electron chi connectivity index (χ4n) is 3.00. The fraction of sp³-hybridized carbons (Fsp3) is 0.438. The molecule has 120 valence electrons. The van der Waals surface area contributed by atoms with E-state index in [0.29, 0.717) is 11.6 Å². The predicted octanol–water partition coefficient (Wildman–Crippen LogP) is 2.82. The first-order valence-corrected chi connectivity index (χ1v) is 7.44. The van der Waals surface area contributed by atoms with E-state index < -0.39 is 0 Å². The number of likely N-dealkylation sites (tertiary alicyclic amines) is 1. The Hall–Kier alpha value is -1.43. The second-order valence-corrected chi connectivity index (χ2v) is 5.61. The maximum Gasteiger partial charge on any atom is 0.132 e. The van der Waals surface area contributed by atoms with Crippen LogP contribution in [0.25, 0.3) is 11.3 Å². The molecule has 0 aliphatic carbocycles. The summed E-state index contributed by atoms with van der Waals surface area (Å²) in [7, 11) is 2.01. The van der Waals surface area contributed by atoms with Crippen LogP contribution in [0.3, 0.4) is 0 Å². The Kier molecular flexibility index (Phi) is 5.94. The molecule has 1 aromatic heterocycles. The highest BCUT2D eigenvalue weighted by atomic mass is 35.5. The van der Waals surface area contributed by atoms with E-state index in [1.807, 2.05) is 19.3 Å². The van der Waals surface area contributed by atoms with Crippen LogP contribution >= 0.6 is 12.4 Å². The third-order valence-corrected chi connectivity index (χ3v) is 4.17. The lowest BCUT2D eigenvalue weighted by Crippen LogP contribution is -2.43. The number of aromatic nitrogens is 2. The lowest BCUT2D eigenvalue weighted by Gasteiger charge is -2.32. The van der Waals surface area contributed by atoms with Crippen LogP contribution in [-0.4, -0.2) is 41.3 Å². The minimum atomic E-state index is -0.213. The number of aromatic amines is 1. The van der Waals surface area contributed by atoms with Crippen LogP contribution in [0.4, 0.5) is 4.39 Å². The highest BCUT2D eigenvalue weighted by molar-refractivity contribution is 5.85. The molecule has 3 rings (SSSR count). The SMILES string of the molecule is CNC1CCCN(Cc2cn[nH]c2-c2ccccc2F)C1.Cl. The Morgan fingerprint density at radius 3 is 3.00 bits per heavy atom. The van der Waals surface area contributed by atoms with Crippen LogP contribution in [0, 0.1) is 5.82 Å². The van der Waals surface area contributed by atoms with Crippen molar-refractivity contribution in [3.63, 3.8) is 0 Å². The van der Waals surface area contributed by atoms with Crippen LogP contribution in [-0.2, 0) is 6.54 Å². The van der Waals surface area contributed by atoms with E-state index in [0.717, 1.165) is 30.9 Å². The number of hydrogen-bond acceptors (Lipinski definition) is 3. The molecule has 0 spiro atoms. The summed E-state index contributed by atoms with van der Waals surface area (Å²) in [5, 5.41) is 10.4. The molecule has 22 heavy (non-hydrogen) atoms. The molecule has 0 amide bonds. The van der Waals surface area contributed by atoms with Gasteiger partial charge in [-0.25, -0.2) is 4.39 Å². The highest BCUT2D eigenvalue weighted by Crippen LogP contribution is 2.25. The van der Waals surface area contributed by atoms with E-state index >= 15 is 0 Å². The lowest BCUT2D eigenvalue weighted by molar-refractivity contribution is 0.188. The Bertz CT molecular complexity index is 601. The van der Waals surface area contributed by atoms with E-state index in [2.05, 4.69) is 20.4 Å². The second-order valence-electron chi connectivity index (χ2n) is 5.61. The Morgan fingerprint density at radius 2 is 2.23 bits per heavy atom. The van der Waals surface area contributed by atoms with Crippen molar-refractivity contribution in [2.75, 3.05) is 20.1 Å². The van der Waals surface area contributed by atoms with E-state index in [-0.39, 0.29) is 18.2 Å². The largest absolute Gasteiger partial charge is 0.316 e. The number of likely N-dealkylation sites (N-methyl/N-ethyl adjacent to an activating group) is 1. The van der Waals surface area contributed by atoms with Crippen molar-refractivity contribution < 1.29 is 4.39 Å². The predicted molar refractivity (Wildman–Crippen MR) is 88.6 cm³/mol. The van der Waals surface area contributed by atoms with Crippen molar-refractivity contribution in [2.24, 2.45) is 0 Å². The standard InChI is InChI=1S/C16H21FN4.ClH/c1-18-13-5-4-8-21(11-13)10-12-9-19-20-16(12)14-6-2-3-7-15(14)17;/h2-3,6-7,9,13,18H,4-5,8,10-11H2,1H3,(H,19,20);1H. The average molecular weight is 325 g/mol. The summed E-state index contributed by atoms with van der Waals surface area (Å²) < 4.78 is 14.0. The number of nitrogens with one attached hydrogen (secondary N) is 2. The molecule has 0 radical (unpaired) electrons. The summed E-state index contributed by atoms with van der Waals surface area (Å²) in [4.78, 5) is 2.40. The van der Waals surface area contributed by atoms with Gasteiger partial charge in [-0.1, -0.05) is 12.1 Å². The Morgan fingerprint density at radius 1 is 1.41 bits per heavy atom. The molecule has 1 fully saturated rings. The number of benzene rings is 1. The minimum Gasteiger partial charge on any atom is -0.316 e. The van der Waals surface area contributed by atoms with Crippen molar-refractivity contribution in [1.29, 1.82) is 0 Å². The Labute approximate surface area is 136 Å². The summed E-state index contributed by atoms with van der Waals surface area (Å²) in [6.45, 7) is 2.91. The van der Waals surface area contributed by atoms with E-state index in [1.54, 1.807) is 12.1 Å². The van der Waals surface area contributed by atoms with Gasteiger partial charge in [0.1, 0.15) is 5.82 Å². The number of rotatable bonds is 4. The molecule has 6 heteroatoms. The summed E-state index contributed by atoms with van der Waals surface area (Å²) in [5.74, 6) is -0.213. The zero-order chi connectivity index (χ0) is 14.7. The van der Waals surface area contributed by atoms with Gasteiger partial charge in [-0.2, -0.15) is 5.10 Å². The highest BCUT2D eigenvalue weighted by Gasteiger charge is 2.20. The van der Waals surface area contributed by atoms with Crippen molar-refractivity contribution in [1.82, 2.24) is 20.4 Å². The molecule has 2 N–H and O–H groups in total. The van der Waals surface area contributed by atoms with Crippen LogP contribution in [0.1, 0.15) is 18.4 Å². The van der Waals surface area contributed by atoms with Gasteiger partial charge in [0.05, 0.1) is 11.9 Å². The topological polar surface area (TPSA) is 44.0 Å². The average Bonchev–Trinajstić information content (AvgIpc) is 2.96. The lowest BCUT2D eigenvalue weighted by atomic mass is 10.0. The number of H-pyrrole nitrogens is 1. The van der Waals surface area contributed by atoms with Gasteiger partial charge in [0.2, 0.25) is 0 Å². The third-order valence-electron chi connectivity index (χ3n) is 4.17. The van der Waals surface area contributed by atoms with Gasteiger partial charge in [0.25, 0.3) is 0 Å². The summed E-state index contributed by atoms with van der Waals surface area (Å²) in [5.41, 5.74) is 2.43. The second kappa shape index (κ2) is 7.72. The molecular formula is C16H22ClFN4. The van der Waals surface area contributed by atoms with Crippen LogP contribution in [0.2, 0.25) is 0 Å². The molecule has 1 aliphatic heterocycles. The molecule has 0 bridgehead atoms. The third kappa shape index (κ3) is 3.66. The van der Waals surface area contributed by atoms with Crippen molar-refractivity contribution in [3.8, 4) is 11.3 Å². The summed E-state index contributed by atoms with van der Waals surface area (Å²) >= 11 is 0. The number of nitrogens with zero attached hydrogens (tertiary/aromatic N) is 2. The molecule has 1 atom stereocenters. The van der Waals surface area contributed by atoms with Gasteiger partial charge < -0.3 is 5.32 Å². The summed E-state index contributed by atoms with van der Waals surface area (Å²) in [6, 6.07) is 7.37. The maximum atomic E-state index is 14.0. The van der Waals surface area contributed by atoms with Crippen molar-refractivity contribution >= 4 is 12.4 Å². The van der Waals surface area contributed by atoms with E-state index in [9.17, 15) is 4.39 Å².